The number of halogens is 1. The van der Waals surface area contributed by atoms with Crippen molar-refractivity contribution < 1.29 is 0 Å². The first-order valence-electron chi connectivity index (χ1n) is 10.3. The Morgan fingerprint density at radius 3 is 2.68 bits per heavy atom. The first-order chi connectivity index (χ1) is 13.7. The number of nitrogens with one attached hydrogen (secondary N) is 2. The van der Waals surface area contributed by atoms with Gasteiger partial charge in [0.05, 0.1) is 5.69 Å². The van der Waals surface area contributed by atoms with E-state index in [1.165, 1.54) is 24.1 Å². The molecule has 1 saturated heterocycles. The highest BCUT2D eigenvalue weighted by Crippen LogP contribution is 2.36. The largest absolute Gasteiger partial charge is 0.365 e. The third-order valence-corrected chi connectivity index (χ3v) is 5.83. The van der Waals surface area contributed by atoms with Crippen LogP contribution in [-0.4, -0.2) is 53.5 Å². The molecular weight excluding hydrogens is 370 g/mol. The summed E-state index contributed by atoms with van der Waals surface area (Å²) < 4.78 is 0. The van der Waals surface area contributed by atoms with Crippen LogP contribution in [0.5, 0.6) is 0 Å². The van der Waals surface area contributed by atoms with E-state index in [-0.39, 0.29) is 0 Å². The molecule has 28 heavy (non-hydrogen) atoms. The number of rotatable bonds is 6. The summed E-state index contributed by atoms with van der Waals surface area (Å²) in [5, 5.41) is 12.4. The third kappa shape index (κ3) is 4.31. The zero-order chi connectivity index (χ0) is 19.3. The summed E-state index contributed by atoms with van der Waals surface area (Å²) in [6.45, 7) is 6.59. The minimum Gasteiger partial charge on any atom is -0.365 e. The zero-order valence-corrected chi connectivity index (χ0v) is 17.2. The van der Waals surface area contributed by atoms with E-state index in [1.54, 1.807) is 0 Å². The normalized spacial score (nSPS) is 18.3. The van der Waals surface area contributed by atoms with E-state index in [9.17, 15) is 0 Å². The predicted molar refractivity (Wildman–Crippen MR) is 118 cm³/mol. The van der Waals surface area contributed by atoms with Gasteiger partial charge in [-0.05, 0) is 56.0 Å². The molecular formula is C22H28ClN5. The van der Waals surface area contributed by atoms with Gasteiger partial charge in [-0.15, -0.1) is 0 Å². The Labute approximate surface area is 171 Å². The average molecular weight is 398 g/mol. The van der Waals surface area contributed by atoms with Gasteiger partial charge < -0.3 is 10.2 Å². The molecule has 0 amide bonds. The van der Waals surface area contributed by atoms with Gasteiger partial charge in [0, 0.05) is 48.0 Å². The number of likely N-dealkylation sites (tertiary alicyclic amines) is 1. The van der Waals surface area contributed by atoms with Crippen molar-refractivity contribution >= 4 is 29.2 Å². The van der Waals surface area contributed by atoms with E-state index in [2.05, 4.69) is 38.4 Å². The van der Waals surface area contributed by atoms with Crippen molar-refractivity contribution in [3.63, 3.8) is 0 Å². The molecule has 1 aromatic heterocycles. The van der Waals surface area contributed by atoms with Gasteiger partial charge in [0.25, 0.3) is 0 Å². The molecule has 1 fully saturated rings. The van der Waals surface area contributed by atoms with Gasteiger partial charge in [0.2, 0.25) is 0 Å². The van der Waals surface area contributed by atoms with Gasteiger partial charge in [-0.25, -0.2) is 0 Å². The summed E-state index contributed by atoms with van der Waals surface area (Å²) in [5.41, 5.74) is 4.59. The Hall–Kier alpha value is -2.11. The molecule has 148 valence electrons. The lowest BCUT2D eigenvalue weighted by Gasteiger charge is -2.32. The molecule has 0 aliphatic carbocycles. The molecule has 2 aromatic rings. The Balaban J connectivity index is 1.60. The molecule has 6 heteroatoms. The summed E-state index contributed by atoms with van der Waals surface area (Å²) in [7, 11) is 0. The van der Waals surface area contributed by atoms with Gasteiger partial charge >= 0.3 is 0 Å². The van der Waals surface area contributed by atoms with Crippen molar-refractivity contribution in [2.24, 2.45) is 4.99 Å². The highest BCUT2D eigenvalue weighted by molar-refractivity contribution is 6.30. The second-order valence-corrected chi connectivity index (χ2v) is 8.02. The van der Waals surface area contributed by atoms with E-state index in [4.69, 9.17) is 11.6 Å². The van der Waals surface area contributed by atoms with Crippen molar-refractivity contribution in [3.05, 3.63) is 40.9 Å². The Morgan fingerprint density at radius 1 is 1.21 bits per heavy atom. The molecule has 0 radical (unpaired) electrons. The third-order valence-electron chi connectivity index (χ3n) is 5.58. The first kappa shape index (κ1) is 19.2. The number of hydrogen-bond acceptors (Lipinski definition) is 4. The van der Waals surface area contributed by atoms with Gasteiger partial charge in [0.1, 0.15) is 0 Å². The van der Waals surface area contributed by atoms with Crippen LogP contribution in [0.25, 0.3) is 16.8 Å². The van der Waals surface area contributed by atoms with Gasteiger partial charge in [0.15, 0.2) is 5.82 Å². The van der Waals surface area contributed by atoms with Crippen LogP contribution in [0.1, 0.15) is 38.2 Å². The second kappa shape index (κ2) is 8.93. The van der Waals surface area contributed by atoms with Crippen LogP contribution in [-0.2, 0) is 0 Å². The molecule has 2 aliphatic heterocycles. The lowest BCUT2D eigenvalue weighted by molar-refractivity contribution is 0.219. The molecule has 0 bridgehead atoms. The smallest absolute Gasteiger partial charge is 0.156 e. The monoisotopic (exact) mass is 397 g/mol. The molecule has 0 unspecified atom stereocenters. The van der Waals surface area contributed by atoms with E-state index >= 15 is 0 Å². The summed E-state index contributed by atoms with van der Waals surface area (Å²) >= 11 is 6.08. The fraction of sp³-hybridized carbons (Fsp3) is 0.455. The Bertz CT molecular complexity index is 844. The number of benzene rings is 1. The van der Waals surface area contributed by atoms with Crippen LogP contribution in [0.3, 0.4) is 0 Å². The maximum Gasteiger partial charge on any atom is 0.156 e. The maximum absolute atomic E-state index is 6.08. The molecule has 2 aliphatic rings. The van der Waals surface area contributed by atoms with Gasteiger partial charge in [-0.2, -0.15) is 5.10 Å². The number of anilines is 1. The zero-order valence-electron chi connectivity index (χ0n) is 16.4. The predicted octanol–water partition coefficient (Wildman–Crippen LogP) is 4.87. The van der Waals surface area contributed by atoms with Gasteiger partial charge in [-0.3, -0.25) is 10.1 Å². The highest BCUT2D eigenvalue weighted by Gasteiger charge is 2.24. The fourth-order valence-corrected chi connectivity index (χ4v) is 4.21. The van der Waals surface area contributed by atoms with E-state index in [1.807, 2.05) is 30.5 Å². The second-order valence-electron chi connectivity index (χ2n) is 7.59. The van der Waals surface area contributed by atoms with Crippen molar-refractivity contribution in [1.82, 2.24) is 15.1 Å². The fourth-order valence-electron chi connectivity index (χ4n) is 4.09. The van der Waals surface area contributed by atoms with Crippen LogP contribution in [0.4, 0.5) is 5.82 Å². The van der Waals surface area contributed by atoms with Crippen LogP contribution >= 0.6 is 11.6 Å². The average Bonchev–Trinajstić information content (AvgIpc) is 3.14. The Kier molecular flexibility index (Phi) is 6.13. The number of nitrogens with zero attached hydrogens (tertiary/aromatic N) is 3. The number of aliphatic imine (C=N–C) groups is 1. The molecule has 3 heterocycles. The van der Waals surface area contributed by atoms with E-state index in [0.29, 0.717) is 6.04 Å². The number of piperidine rings is 1. The van der Waals surface area contributed by atoms with Crippen LogP contribution in [0.2, 0.25) is 5.02 Å². The van der Waals surface area contributed by atoms with Crippen LogP contribution in [0, 0.1) is 0 Å². The molecule has 0 saturated carbocycles. The standard InChI is InChI=1S/C22H28ClN5/c1-2-13-28-14-9-19(10-15-28)25-22-20(16-7-11-24-12-8-16)21(26-27-22)17-3-5-18(23)6-4-17/h3-7,11,19H,2,8-10,12-15H2,1H3,(H2,25,26,27). The van der Waals surface area contributed by atoms with Crippen molar-refractivity contribution in [1.29, 1.82) is 0 Å². The van der Waals surface area contributed by atoms with Crippen molar-refractivity contribution in [3.8, 4) is 11.3 Å². The molecule has 1 aromatic carbocycles. The highest BCUT2D eigenvalue weighted by atomic mass is 35.5. The number of H-pyrrole nitrogens is 1. The lowest BCUT2D eigenvalue weighted by Crippen LogP contribution is -2.39. The first-order valence-corrected chi connectivity index (χ1v) is 10.6. The summed E-state index contributed by atoms with van der Waals surface area (Å²) in [6.07, 6.45) is 8.49. The molecule has 5 nitrogen and oxygen atoms in total. The topological polar surface area (TPSA) is 56.3 Å². The summed E-state index contributed by atoms with van der Waals surface area (Å²) in [5.74, 6) is 0.959. The van der Waals surface area contributed by atoms with Crippen LogP contribution < -0.4 is 5.32 Å². The van der Waals surface area contributed by atoms with E-state index in [0.717, 1.165) is 61.0 Å². The molecule has 0 atom stereocenters. The Morgan fingerprint density at radius 2 is 2.00 bits per heavy atom. The lowest BCUT2D eigenvalue weighted by atomic mass is 9.96. The summed E-state index contributed by atoms with van der Waals surface area (Å²) in [6, 6.07) is 8.41. The number of aromatic nitrogens is 2. The number of allylic oxidation sites excluding steroid dienone is 1. The van der Waals surface area contributed by atoms with E-state index < -0.39 is 0 Å². The van der Waals surface area contributed by atoms with Crippen LogP contribution in [0.15, 0.2) is 35.3 Å². The van der Waals surface area contributed by atoms with Gasteiger partial charge in [-0.1, -0.05) is 30.7 Å². The minimum absolute atomic E-state index is 0.464. The number of aromatic amines is 1. The SMILES string of the molecule is CCCN1CCC(Nc2n[nH]c(-c3ccc(Cl)cc3)c2C2=CC=NCC2)CC1. The van der Waals surface area contributed by atoms with Crippen molar-refractivity contribution in [2.45, 2.75) is 38.6 Å². The number of hydrogen-bond donors (Lipinski definition) is 2. The quantitative estimate of drug-likeness (QED) is 0.730. The van der Waals surface area contributed by atoms with Crippen molar-refractivity contribution in [2.75, 3.05) is 31.5 Å². The maximum atomic E-state index is 6.08. The molecule has 4 rings (SSSR count). The summed E-state index contributed by atoms with van der Waals surface area (Å²) in [4.78, 5) is 6.91. The molecule has 2 N–H and O–H groups in total. The number of dihydropyridines is 1. The minimum atomic E-state index is 0.464. The molecule has 0 spiro atoms.